The molecule has 0 radical (unpaired) electrons. The Morgan fingerprint density at radius 3 is 1.84 bits per heavy atom. The number of carbonyl (C=O) groups excluding carboxylic acids is 2. The minimum Gasteiger partial charge on any atom is -0.350 e. The van der Waals surface area contributed by atoms with Gasteiger partial charge < -0.3 is 16.5 Å². The summed E-state index contributed by atoms with van der Waals surface area (Å²) in [6.45, 7) is 3.16. The van der Waals surface area contributed by atoms with Gasteiger partial charge in [0.25, 0.3) is 5.56 Å². The van der Waals surface area contributed by atoms with Gasteiger partial charge in [-0.05, 0) is 19.4 Å². The zero-order chi connectivity index (χ0) is 14.9. The van der Waals surface area contributed by atoms with Crippen molar-refractivity contribution in [3.8, 4) is 0 Å². The fourth-order valence-corrected chi connectivity index (χ4v) is 1.52. The van der Waals surface area contributed by atoms with Gasteiger partial charge in [0, 0.05) is 5.69 Å². The number of nitrogens with one attached hydrogen (secondary N) is 1. The molecule has 1 rings (SSSR count). The van der Waals surface area contributed by atoms with Crippen LogP contribution in [-0.2, 0) is 0 Å². The number of nitrogens with zero attached hydrogens (tertiary/aromatic N) is 2. The minimum atomic E-state index is -1.09. The van der Waals surface area contributed by atoms with Gasteiger partial charge in [-0.2, -0.15) is 0 Å². The summed E-state index contributed by atoms with van der Waals surface area (Å²) in [5.74, 6) is 10.9. The molecule has 1 aromatic rings. The molecule has 0 bridgehead atoms. The molecule has 19 heavy (non-hydrogen) atoms. The Bertz CT molecular complexity index is 594. The van der Waals surface area contributed by atoms with Gasteiger partial charge >= 0.3 is 12.1 Å². The van der Waals surface area contributed by atoms with Crippen LogP contribution in [0.4, 0.5) is 21.0 Å². The molecule has 0 spiro atoms. The highest BCUT2D eigenvalue weighted by molar-refractivity contribution is 5.99. The Kier molecular flexibility index (Phi) is 3.77. The predicted octanol–water partition coefficient (Wildman–Crippen LogP) is -1.49. The second kappa shape index (κ2) is 4.96. The van der Waals surface area contributed by atoms with Gasteiger partial charge in [-0.3, -0.25) is 4.79 Å². The monoisotopic (exact) mass is 269 g/mol. The van der Waals surface area contributed by atoms with Crippen molar-refractivity contribution in [3.63, 3.8) is 0 Å². The zero-order valence-corrected chi connectivity index (χ0v) is 10.4. The summed E-state index contributed by atoms with van der Waals surface area (Å²) >= 11 is 0. The van der Waals surface area contributed by atoms with Gasteiger partial charge in [0.05, 0.1) is 5.69 Å². The van der Waals surface area contributed by atoms with Crippen molar-refractivity contribution in [2.45, 2.75) is 13.8 Å². The average Bonchev–Trinajstić information content (AvgIpc) is 2.31. The molecule has 10 heteroatoms. The maximum absolute atomic E-state index is 11.9. The number of hydrogen-bond donors (Lipinski definition) is 5. The minimum absolute atomic E-state index is 0.0879. The van der Waals surface area contributed by atoms with Crippen LogP contribution in [0.25, 0.3) is 0 Å². The summed E-state index contributed by atoms with van der Waals surface area (Å²) in [6.07, 6.45) is 0. The molecule has 0 fully saturated rings. The highest BCUT2D eigenvalue weighted by Crippen LogP contribution is 2.27. The van der Waals surface area contributed by atoms with Crippen molar-refractivity contribution in [1.82, 2.24) is 4.98 Å². The van der Waals surface area contributed by atoms with E-state index < -0.39 is 17.6 Å². The first-order chi connectivity index (χ1) is 8.68. The van der Waals surface area contributed by atoms with E-state index in [2.05, 4.69) is 4.98 Å². The van der Waals surface area contributed by atoms with Crippen LogP contribution >= 0.6 is 0 Å². The molecule has 0 aliphatic rings. The maximum atomic E-state index is 11.9. The summed E-state index contributed by atoms with van der Waals surface area (Å²) in [5.41, 5.74) is 9.75. The van der Waals surface area contributed by atoms with Crippen molar-refractivity contribution in [3.05, 3.63) is 21.6 Å². The lowest BCUT2D eigenvalue weighted by Gasteiger charge is -2.24. The van der Waals surface area contributed by atoms with E-state index in [1.165, 1.54) is 0 Å². The van der Waals surface area contributed by atoms with E-state index in [0.29, 0.717) is 21.3 Å². The molecular weight excluding hydrogens is 254 g/mol. The number of rotatable bonds is 2. The zero-order valence-electron chi connectivity index (χ0n) is 10.4. The van der Waals surface area contributed by atoms with E-state index in [1.54, 1.807) is 13.8 Å². The van der Waals surface area contributed by atoms with Gasteiger partial charge in [-0.1, -0.05) is 0 Å². The van der Waals surface area contributed by atoms with E-state index in [1.807, 2.05) is 0 Å². The summed E-state index contributed by atoms with van der Waals surface area (Å²) in [5, 5.41) is 0.916. The topological polar surface area (TPSA) is 178 Å². The summed E-state index contributed by atoms with van der Waals surface area (Å²) in [7, 11) is 0. The lowest BCUT2D eigenvalue weighted by Crippen LogP contribution is -2.49. The molecule has 104 valence electrons. The molecule has 10 nitrogen and oxygen atoms in total. The first-order valence-electron chi connectivity index (χ1n) is 5.10. The molecule has 0 atom stereocenters. The Labute approximate surface area is 107 Å². The number of hydrogen-bond acceptors (Lipinski definition) is 5. The Hall–Kier alpha value is -2.59. The van der Waals surface area contributed by atoms with E-state index in [4.69, 9.17) is 23.2 Å². The summed E-state index contributed by atoms with van der Waals surface area (Å²) < 4.78 is 0. The second-order valence-corrected chi connectivity index (χ2v) is 3.82. The Morgan fingerprint density at radius 1 is 1.00 bits per heavy atom. The fraction of sp³-hybridized carbons (Fsp3) is 0.222. The van der Waals surface area contributed by atoms with Crippen LogP contribution in [-0.4, -0.2) is 17.0 Å². The SMILES string of the molecule is Cc1[nH]c(=O)c(N(N)C(N)=O)c(N(N)C(N)=O)c1C. The second-order valence-electron chi connectivity index (χ2n) is 3.82. The third-order valence-electron chi connectivity index (χ3n) is 2.61. The molecule has 1 aromatic heterocycles. The van der Waals surface area contributed by atoms with Crippen LogP contribution in [0.3, 0.4) is 0 Å². The lowest BCUT2D eigenvalue weighted by molar-refractivity contribution is 0.252. The maximum Gasteiger partial charge on any atom is 0.333 e. The standard InChI is InChI=1S/C9H15N7O3/c1-3-4(2)14-7(17)6(16(13)9(11)19)5(3)15(12)8(10)18/h12-13H2,1-2H3,(H2,10,18)(H2,11,19)(H,14,17). The summed E-state index contributed by atoms with van der Waals surface area (Å²) in [6, 6.07) is -2.11. The van der Waals surface area contributed by atoms with Crippen LogP contribution in [0, 0.1) is 13.8 Å². The van der Waals surface area contributed by atoms with Crippen molar-refractivity contribution in [1.29, 1.82) is 0 Å². The fourth-order valence-electron chi connectivity index (χ4n) is 1.52. The first kappa shape index (κ1) is 14.5. The molecule has 0 unspecified atom stereocenters. The van der Waals surface area contributed by atoms with Gasteiger partial charge in [0.2, 0.25) is 0 Å². The average molecular weight is 269 g/mol. The van der Waals surface area contributed by atoms with Gasteiger partial charge in [0.1, 0.15) is 0 Å². The quantitative estimate of drug-likeness (QED) is 0.249. The predicted molar refractivity (Wildman–Crippen MR) is 69.0 cm³/mol. The first-order valence-corrected chi connectivity index (χ1v) is 5.10. The third-order valence-corrected chi connectivity index (χ3v) is 2.61. The lowest BCUT2D eigenvalue weighted by atomic mass is 10.1. The Balaban J connectivity index is 3.70. The van der Waals surface area contributed by atoms with Crippen LogP contribution in [0.5, 0.6) is 0 Å². The molecule has 0 saturated carbocycles. The highest BCUT2D eigenvalue weighted by atomic mass is 16.2. The molecule has 4 amide bonds. The van der Waals surface area contributed by atoms with E-state index >= 15 is 0 Å². The number of amides is 4. The number of pyridine rings is 1. The van der Waals surface area contributed by atoms with E-state index in [9.17, 15) is 14.4 Å². The largest absolute Gasteiger partial charge is 0.350 e. The van der Waals surface area contributed by atoms with Crippen LogP contribution in [0.15, 0.2) is 4.79 Å². The van der Waals surface area contributed by atoms with Crippen LogP contribution < -0.4 is 38.7 Å². The number of hydrazine groups is 2. The normalized spacial score (nSPS) is 10.1. The molecule has 1 heterocycles. The molecule has 0 aliphatic carbocycles. The third kappa shape index (κ3) is 2.48. The van der Waals surface area contributed by atoms with Crippen molar-refractivity contribution >= 4 is 23.4 Å². The van der Waals surface area contributed by atoms with E-state index in [-0.39, 0.29) is 11.4 Å². The number of H-pyrrole nitrogens is 1. The summed E-state index contributed by atoms with van der Waals surface area (Å²) in [4.78, 5) is 36.6. The number of aromatic nitrogens is 1. The molecule has 9 N–H and O–H groups in total. The van der Waals surface area contributed by atoms with E-state index in [0.717, 1.165) is 0 Å². The number of aromatic amines is 1. The number of primary amides is 2. The highest BCUT2D eigenvalue weighted by Gasteiger charge is 2.25. The molecule has 0 aliphatic heterocycles. The molecule has 0 aromatic carbocycles. The van der Waals surface area contributed by atoms with Crippen molar-refractivity contribution < 1.29 is 9.59 Å². The van der Waals surface area contributed by atoms with Gasteiger partial charge in [0.15, 0.2) is 5.69 Å². The Morgan fingerprint density at radius 2 is 1.42 bits per heavy atom. The molecule has 0 saturated heterocycles. The number of nitrogens with two attached hydrogens (primary N) is 4. The number of aryl methyl sites for hydroxylation is 1. The molecular formula is C9H15N7O3. The van der Waals surface area contributed by atoms with Crippen molar-refractivity contribution in [2.75, 3.05) is 10.0 Å². The van der Waals surface area contributed by atoms with Crippen LogP contribution in [0.1, 0.15) is 11.3 Å². The van der Waals surface area contributed by atoms with Gasteiger partial charge in [-0.25, -0.2) is 31.3 Å². The van der Waals surface area contributed by atoms with Gasteiger partial charge in [-0.15, -0.1) is 0 Å². The number of anilines is 2. The smallest absolute Gasteiger partial charge is 0.333 e. The van der Waals surface area contributed by atoms with Crippen LogP contribution in [0.2, 0.25) is 0 Å². The number of urea groups is 2. The number of carbonyl (C=O) groups is 2. The van der Waals surface area contributed by atoms with Crippen molar-refractivity contribution in [2.24, 2.45) is 23.2 Å².